The van der Waals surface area contributed by atoms with Gasteiger partial charge in [0, 0.05) is 12.6 Å². The van der Waals surface area contributed by atoms with Crippen LogP contribution in [0.15, 0.2) is 41.5 Å². The Morgan fingerprint density at radius 1 is 0.846 bits per heavy atom. The van der Waals surface area contributed by atoms with E-state index in [1.54, 1.807) is 0 Å². The zero-order valence-electron chi connectivity index (χ0n) is 26.6. The number of aliphatic hydroxyl groups is 1. The summed E-state index contributed by atoms with van der Waals surface area (Å²) < 4.78 is 0. The Bertz CT molecular complexity index is 1040. The van der Waals surface area contributed by atoms with Crippen LogP contribution in [-0.2, 0) is 6.54 Å². The van der Waals surface area contributed by atoms with Crippen LogP contribution >= 0.6 is 0 Å². The molecule has 2 N–H and O–H groups in total. The molecule has 0 bridgehead atoms. The van der Waals surface area contributed by atoms with Crippen molar-refractivity contribution in [2.45, 2.75) is 138 Å². The molecule has 0 saturated heterocycles. The molecule has 1 unspecified atom stereocenters. The van der Waals surface area contributed by atoms with Crippen molar-refractivity contribution < 1.29 is 5.11 Å². The van der Waals surface area contributed by atoms with Crippen molar-refractivity contribution in [1.29, 1.82) is 0 Å². The molecular weight excluding hydrogens is 474 g/mol. The Morgan fingerprint density at radius 2 is 1.56 bits per heavy atom. The molecule has 5 rings (SSSR count). The number of benzene rings is 1. The Balaban J connectivity index is 1.30. The van der Waals surface area contributed by atoms with Gasteiger partial charge in [0.05, 0.1) is 6.10 Å². The van der Waals surface area contributed by atoms with Gasteiger partial charge < -0.3 is 10.4 Å². The van der Waals surface area contributed by atoms with Crippen LogP contribution in [-0.4, -0.2) is 17.3 Å². The lowest BCUT2D eigenvalue weighted by atomic mass is 9.43. The summed E-state index contributed by atoms with van der Waals surface area (Å²) in [4.78, 5) is 0. The van der Waals surface area contributed by atoms with Gasteiger partial charge in [-0.15, -0.1) is 0 Å². The highest BCUT2D eigenvalue weighted by molar-refractivity contribution is 5.38. The second-order valence-corrected chi connectivity index (χ2v) is 16.0. The summed E-state index contributed by atoms with van der Waals surface area (Å²) in [5, 5.41) is 14.8. The largest absolute Gasteiger partial charge is 0.393 e. The average Bonchev–Trinajstić information content (AvgIpc) is 3.18. The molecule has 2 nitrogen and oxygen atoms in total. The van der Waals surface area contributed by atoms with Crippen LogP contribution in [0.3, 0.4) is 0 Å². The van der Waals surface area contributed by atoms with Gasteiger partial charge in [0.15, 0.2) is 0 Å². The second-order valence-electron chi connectivity index (χ2n) is 16.0. The lowest BCUT2D eigenvalue weighted by Gasteiger charge is -2.62. The Morgan fingerprint density at radius 3 is 2.26 bits per heavy atom. The minimum Gasteiger partial charge on any atom is -0.393 e. The maximum Gasteiger partial charge on any atom is 0.0594 e. The molecule has 2 saturated carbocycles. The summed E-state index contributed by atoms with van der Waals surface area (Å²) in [5.74, 6) is 2.87. The highest BCUT2D eigenvalue weighted by Crippen LogP contribution is 2.72. The van der Waals surface area contributed by atoms with Gasteiger partial charge in [-0.25, -0.2) is 0 Å². The minimum absolute atomic E-state index is 0.0292. The first kappa shape index (κ1) is 29.4. The Hall–Kier alpha value is -1.12. The zero-order valence-corrected chi connectivity index (χ0v) is 26.6. The van der Waals surface area contributed by atoms with Crippen molar-refractivity contribution in [1.82, 2.24) is 5.32 Å². The van der Waals surface area contributed by atoms with Gasteiger partial charge in [0.25, 0.3) is 0 Å². The number of fused-ring (bicyclic) bond motifs is 4. The SMILES string of the molecule is CC(C)C(CC[C@@H](C)[C@H]1CC[C@@]2(C)C3=C(CC[C@]12C)[C@@]1(C)CC[C@H](O)C(C)(C)[C@@H]1CC3)NCc1ccccc1. The third kappa shape index (κ3) is 4.78. The average molecular weight is 534 g/mol. The summed E-state index contributed by atoms with van der Waals surface area (Å²) in [6, 6.07) is 11.5. The molecule has 0 aromatic heterocycles. The van der Waals surface area contributed by atoms with E-state index in [1.807, 2.05) is 11.1 Å². The molecule has 0 amide bonds. The van der Waals surface area contributed by atoms with Crippen molar-refractivity contribution in [3.05, 3.63) is 47.0 Å². The lowest BCUT2D eigenvalue weighted by Crippen LogP contribution is -2.55. The molecule has 0 radical (unpaired) electrons. The standard InChI is InChI=1S/C37H59NO/c1-25(2)31(38-24-27-12-10-9-11-13-27)16-14-26(3)28-18-22-37(8)30-15-17-32-34(4,5)33(39)20-21-35(32,6)29(30)19-23-36(28,37)7/h9-13,25-26,28,31-33,38-39H,14-24H2,1-8H3/t26-,28-,31?,32+,33+,35-,36-,37+/m1/s1. The fourth-order valence-electron chi connectivity index (χ4n) is 10.8. The smallest absolute Gasteiger partial charge is 0.0594 e. The summed E-state index contributed by atoms with van der Waals surface area (Å²) in [6.07, 6.45) is 12.6. The number of hydrogen-bond donors (Lipinski definition) is 2. The van der Waals surface area contributed by atoms with Crippen LogP contribution in [0.1, 0.15) is 125 Å². The predicted octanol–water partition coefficient (Wildman–Crippen LogP) is 9.33. The van der Waals surface area contributed by atoms with Crippen LogP contribution in [0, 0.1) is 45.3 Å². The van der Waals surface area contributed by atoms with E-state index in [1.165, 1.54) is 63.4 Å². The maximum atomic E-state index is 10.9. The maximum absolute atomic E-state index is 10.9. The monoisotopic (exact) mass is 533 g/mol. The van der Waals surface area contributed by atoms with Gasteiger partial charge in [0.1, 0.15) is 0 Å². The quantitative estimate of drug-likeness (QED) is 0.326. The van der Waals surface area contributed by atoms with Gasteiger partial charge in [-0.05, 0) is 115 Å². The number of allylic oxidation sites excluding steroid dienone is 2. The van der Waals surface area contributed by atoms with Crippen molar-refractivity contribution >= 4 is 0 Å². The molecule has 0 spiro atoms. The Labute approximate surface area is 240 Å². The summed E-state index contributed by atoms with van der Waals surface area (Å²) in [5.41, 5.74) is 6.21. The number of rotatable bonds is 8. The van der Waals surface area contributed by atoms with E-state index in [0.717, 1.165) is 24.8 Å². The van der Waals surface area contributed by atoms with E-state index in [2.05, 4.69) is 91.0 Å². The first-order valence-corrected chi connectivity index (χ1v) is 16.5. The minimum atomic E-state index is -0.143. The van der Waals surface area contributed by atoms with Gasteiger partial charge in [0.2, 0.25) is 0 Å². The molecule has 2 heteroatoms. The summed E-state index contributed by atoms with van der Waals surface area (Å²) >= 11 is 0. The molecule has 39 heavy (non-hydrogen) atoms. The first-order chi connectivity index (χ1) is 18.3. The number of nitrogens with one attached hydrogen (secondary N) is 1. The van der Waals surface area contributed by atoms with E-state index in [0.29, 0.717) is 34.1 Å². The van der Waals surface area contributed by atoms with Gasteiger partial charge in [-0.3, -0.25) is 0 Å². The summed E-state index contributed by atoms with van der Waals surface area (Å²) in [7, 11) is 0. The molecule has 0 heterocycles. The normalized spacial score (nSPS) is 39.2. The van der Waals surface area contributed by atoms with Gasteiger partial charge in [-0.2, -0.15) is 0 Å². The molecule has 2 fully saturated rings. The molecule has 1 aromatic carbocycles. The Kier molecular flexibility index (Phi) is 7.99. The van der Waals surface area contributed by atoms with Gasteiger partial charge in [-0.1, -0.05) is 96.9 Å². The molecule has 4 aliphatic rings. The van der Waals surface area contributed by atoms with E-state index in [9.17, 15) is 5.11 Å². The van der Waals surface area contributed by atoms with E-state index in [4.69, 9.17) is 0 Å². The van der Waals surface area contributed by atoms with Crippen molar-refractivity contribution in [3.63, 3.8) is 0 Å². The molecule has 218 valence electrons. The molecule has 8 atom stereocenters. The third-order valence-electron chi connectivity index (χ3n) is 13.6. The summed E-state index contributed by atoms with van der Waals surface area (Å²) in [6.45, 7) is 21.0. The van der Waals surface area contributed by atoms with Crippen LogP contribution in [0.2, 0.25) is 0 Å². The third-order valence-corrected chi connectivity index (χ3v) is 13.6. The highest BCUT2D eigenvalue weighted by Gasteiger charge is 2.63. The fraction of sp³-hybridized carbons (Fsp3) is 0.784. The highest BCUT2D eigenvalue weighted by atomic mass is 16.3. The van der Waals surface area contributed by atoms with Crippen LogP contribution < -0.4 is 5.32 Å². The van der Waals surface area contributed by atoms with Crippen LogP contribution in [0.25, 0.3) is 0 Å². The molecule has 0 aliphatic heterocycles. The molecule has 4 aliphatic carbocycles. The van der Waals surface area contributed by atoms with Crippen LogP contribution in [0.5, 0.6) is 0 Å². The molecular formula is C37H59NO. The second kappa shape index (κ2) is 10.6. The van der Waals surface area contributed by atoms with E-state index in [-0.39, 0.29) is 11.5 Å². The van der Waals surface area contributed by atoms with E-state index < -0.39 is 0 Å². The zero-order chi connectivity index (χ0) is 28.2. The van der Waals surface area contributed by atoms with Crippen molar-refractivity contribution in [2.75, 3.05) is 0 Å². The first-order valence-electron chi connectivity index (χ1n) is 16.5. The fourth-order valence-corrected chi connectivity index (χ4v) is 10.8. The number of hydrogen-bond acceptors (Lipinski definition) is 2. The van der Waals surface area contributed by atoms with E-state index >= 15 is 0 Å². The van der Waals surface area contributed by atoms with Crippen molar-refractivity contribution in [2.24, 2.45) is 45.3 Å². The lowest BCUT2D eigenvalue weighted by molar-refractivity contribution is -0.0962. The van der Waals surface area contributed by atoms with Gasteiger partial charge >= 0.3 is 0 Å². The topological polar surface area (TPSA) is 32.3 Å². The van der Waals surface area contributed by atoms with Crippen molar-refractivity contribution in [3.8, 4) is 0 Å². The predicted molar refractivity (Wildman–Crippen MR) is 165 cm³/mol. The molecule has 1 aromatic rings. The number of aliphatic hydroxyl groups excluding tert-OH is 1. The van der Waals surface area contributed by atoms with Crippen LogP contribution in [0.4, 0.5) is 0 Å².